The van der Waals surface area contributed by atoms with Crippen molar-refractivity contribution in [1.82, 2.24) is 15.1 Å². The lowest BCUT2D eigenvalue weighted by atomic mass is 10.1. The molecule has 1 heterocycles. The normalized spacial score (nSPS) is 16.3. The average molecular weight is 271 g/mol. The van der Waals surface area contributed by atoms with Crippen molar-refractivity contribution in [2.75, 3.05) is 0 Å². The second-order valence-corrected chi connectivity index (χ2v) is 5.65. The number of hydrogen-bond acceptors (Lipinski definition) is 3. The van der Waals surface area contributed by atoms with Gasteiger partial charge in [-0.05, 0) is 37.5 Å². The van der Waals surface area contributed by atoms with Crippen LogP contribution in [0.3, 0.4) is 0 Å². The van der Waals surface area contributed by atoms with Crippen molar-refractivity contribution >= 4 is 0 Å². The van der Waals surface area contributed by atoms with E-state index in [9.17, 15) is 5.11 Å². The van der Waals surface area contributed by atoms with Gasteiger partial charge < -0.3 is 10.4 Å². The first-order valence-electron chi connectivity index (χ1n) is 7.18. The third-order valence-corrected chi connectivity index (χ3v) is 4.00. The van der Waals surface area contributed by atoms with Gasteiger partial charge in [0, 0.05) is 36.8 Å². The van der Waals surface area contributed by atoms with Crippen LogP contribution < -0.4 is 5.32 Å². The maximum Gasteiger partial charge on any atom is 0.115 e. The predicted octanol–water partition coefficient (Wildman–Crippen LogP) is 2.85. The number of rotatable bonds is 5. The molecule has 0 saturated heterocycles. The summed E-state index contributed by atoms with van der Waals surface area (Å²) < 4.78 is 2.01. The Hall–Kier alpha value is -1.81. The molecule has 1 aliphatic rings. The number of nitrogens with zero attached hydrogens (tertiary/aromatic N) is 2. The molecule has 1 fully saturated rings. The molecule has 3 rings (SSSR count). The fourth-order valence-corrected chi connectivity index (χ4v) is 2.69. The van der Waals surface area contributed by atoms with E-state index in [0.717, 1.165) is 12.1 Å². The van der Waals surface area contributed by atoms with Crippen molar-refractivity contribution in [2.24, 2.45) is 7.05 Å². The first-order valence-corrected chi connectivity index (χ1v) is 7.18. The Morgan fingerprint density at radius 2 is 2.25 bits per heavy atom. The molecule has 0 amide bonds. The van der Waals surface area contributed by atoms with Crippen LogP contribution in [0, 0.1) is 0 Å². The van der Waals surface area contributed by atoms with Crippen LogP contribution in [0.1, 0.15) is 48.5 Å². The Morgan fingerprint density at radius 1 is 1.45 bits per heavy atom. The van der Waals surface area contributed by atoms with Gasteiger partial charge in [-0.2, -0.15) is 5.10 Å². The lowest BCUT2D eigenvalue weighted by Crippen LogP contribution is -2.18. The zero-order valence-corrected chi connectivity index (χ0v) is 12.0. The summed E-state index contributed by atoms with van der Waals surface area (Å²) in [6.45, 7) is 2.93. The highest BCUT2D eigenvalue weighted by atomic mass is 16.3. The van der Waals surface area contributed by atoms with Gasteiger partial charge in [0.15, 0.2) is 0 Å². The lowest BCUT2D eigenvalue weighted by Gasteiger charge is -2.15. The van der Waals surface area contributed by atoms with Crippen LogP contribution in [0.15, 0.2) is 30.5 Å². The van der Waals surface area contributed by atoms with Crippen LogP contribution in [0.2, 0.25) is 0 Å². The van der Waals surface area contributed by atoms with E-state index in [1.165, 1.54) is 24.1 Å². The van der Waals surface area contributed by atoms with Crippen molar-refractivity contribution in [2.45, 2.75) is 38.3 Å². The molecular formula is C16H21N3O. The number of aryl methyl sites for hydroxylation is 1. The van der Waals surface area contributed by atoms with E-state index in [1.807, 2.05) is 36.1 Å². The standard InChI is InChI=1S/C16H21N3O/c1-11(13-4-3-5-15(20)8-13)17-9-14-10-18-19(2)16(14)12-6-7-12/h3-5,8,10-12,17,20H,6-7,9H2,1-2H3/t11-/m0/s1. The molecular weight excluding hydrogens is 250 g/mol. The number of aromatic nitrogens is 2. The van der Waals surface area contributed by atoms with Crippen molar-refractivity contribution < 1.29 is 5.11 Å². The van der Waals surface area contributed by atoms with Gasteiger partial charge in [0.05, 0.1) is 6.20 Å². The van der Waals surface area contributed by atoms with Gasteiger partial charge in [-0.15, -0.1) is 0 Å². The lowest BCUT2D eigenvalue weighted by molar-refractivity contribution is 0.472. The fraction of sp³-hybridized carbons (Fsp3) is 0.438. The molecule has 0 aliphatic heterocycles. The third-order valence-electron chi connectivity index (χ3n) is 4.00. The molecule has 0 bridgehead atoms. The number of aromatic hydroxyl groups is 1. The molecule has 0 radical (unpaired) electrons. The van der Waals surface area contributed by atoms with Gasteiger partial charge in [-0.3, -0.25) is 4.68 Å². The first kappa shape index (κ1) is 13.2. The summed E-state index contributed by atoms with van der Waals surface area (Å²) in [5.41, 5.74) is 3.77. The minimum Gasteiger partial charge on any atom is -0.508 e. The van der Waals surface area contributed by atoms with E-state index >= 15 is 0 Å². The maximum absolute atomic E-state index is 9.53. The zero-order valence-electron chi connectivity index (χ0n) is 12.0. The van der Waals surface area contributed by atoms with Crippen LogP contribution >= 0.6 is 0 Å². The maximum atomic E-state index is 9.53. The van der Waals surface area contributed by atoms with Gasteiger partial charge >= 0.3 is 0 Å². The number of phenolic OH excluding ortho intramolecular Hbond substituents is 1. The largest absolute Gasteiger partial charge is 0.508 e. The Kier molecular flexibility index (Phi) is 3.49. The number of hydrogen-bond donors (Lipinski definition) is 2. The SMILES string of the molecule is C[C@H](NCc1cnn(C)c1C1CC1)c1cccc(O)c1. The second kappa shape index (κ2) is 5.29. The van der Waals surface area contributed by atoms with E-state index < -0.39 is 0 Å². The molecule has 4 heteroatoms. The third kappa shape index (κ3) is 2.70. The molecule has 1 saturated carbocycles. The average Bonchev–Trinajstić information content (AvgIpc) is 3.20. The first-order chi connectivity index (χ1) is 9.65. The summed E-state index contributed by atoms with van der Waals surface area (Å²) >= 11 is 0. The topological polar surface area (TPSA) is 50.1 Å². The molecule has 2 aromatic rings. The fourth-order valence-electron chi connectivity index (χ4n) is 2.69. The van der Waals surface area contributed by atoms with Crippen LogP contribution in [-0.4, -0.2) is 14.9 Å². The number of phenols is 1. The molecule has 0 spiro atoms. The van der Waals surface area contributed by atoms with Gasteiger partial charge in [0.1, 0.15) is 5.75 Å². The van der Waals surface area contributed by atoms with Gasteiger partial charge in [0.25, 0.3) is 0 Å². The van der Waals surface area contributed by atoms with E-state index in [2.05, 4.69) is 17.3 Å². The molecule has 4 nitrogen and oxygen atoms in total. The van der Waals surface area contributed by atoms with Crippen LogP contribution in [-0.2, 0) is 13.6 Å². The smallest absolute Gasteiger partial charge is 0.115 e. The Morgan fingerprint density at radius 3 is 2.95 bits per heavy atom. The number of nitrogens with one attached hydrogen (secondary N) is 1. The minimum atomic E-state index is 0.203. The van der Waals surface area contributed by atoms with Crippen molar-refractivity contribution in [3.05, 3.63) is 47.3 Å². The van der Waals surface area contributed by atoms with Crippen LogP contribution in [0.4, 0.5) is 0 Å². The molecule has 1 aliphatic carbocycles. The van der Waals surface area contributed by atoms with Gasteiger partial charge in [-0.1, -0.05) is 12.1 Å². The summed E-state index contributed by atoms with van der Waals surface area (Å²) in [7, 11) is 2.02. The van der Waals surface area contributed by atoms with E-state index in [-0.39, 0.29) is 6.04 Å². The molecule has 2 N–H and O–H groups in total. The zero-order chi connectivity index (χ0) is 14.1. The van der Waals surface area contributed by atoms with Crippen molar-refractivity contribution in [3.8, 4) is 5.75 Å². The highest BCUT2D eigenvalue weighted by Crippen LogP contribution is 2.41. The Bertz CT molecular complexity index is 602. The summed E-state index contributed by atoms with van der Waals surface area (Å²) in [6, 6.07) is 7.62. The molecule has 106 valence electrons. The van der Waals surface area contributed by atoms with Crippen LogP contribution in [0.5, 0.6) is 5.75 Å². The van der Waals surface area contributed by atoms with Crippen molar-refractivity contribution in [1.29, 1.82) is 0 Å². The minimum absolute atomic E-state index is 0.203. The molecule has 1 atom stereocenters. The molecule has 1 aromatic carbocycles. The predicted molar refractivity (Wildman–Crippen MR) is 78.5 cm³/mol. The number of benzene rings is 1. The highest BCUT2D eigenvalue weighted by Gasteiger charge is 2.29. The molecule has 1 aromatic heterocycles. The molecule has 0 unspecified atom stereocenters. The monoisotopic (exact) mass is 271 g/mol. The summed E-state index contributed by atoms with van der Waals surface area (Å²) in [5, 5.41) is 17.4. The second-order valence-electron chi connectivity index (χ2n) is 5.65. The van der Waals surface area contributed by atoms with Crippen molar-refractivity contribution in [3.63, 3.8) is 0 Å². The Balaban J connectivity index is 1.67. The van der Waals surface area contributed by atoms with Gasteiger partial charge in [0.2, 0.25) is 0 Å². The summed E-state index contributed by atoms with van der Waals surface area (Å²) in [6.07, 6.45) is 4.54. The van der Waals surface area contributed by atoms with Crippen LogP contribution in [0.25, 0.3) is 0 Å². The van der Waals surface area contributed by atoms with E-state index in [0.29, 0.717) is 11.7 Å². The summed E-state index contributed by atoms with van der Waals surface area (Å²) in [4.78, 5) is 0. The summed E-state index contributed by atoms with van der Waals surface area (Å²) in [5.74, 6) is 1.02. The molecule has 20 heavy (non-hydrogen) atoms. The quantitative estimate of drug-likeness (QED) is 0.879. The highest BCUT2D eigenvalue weighted by molar-refractivity contribution is 5.30. The van der Waals surface area contributed by atoms with E-state index in [1.54, 1.807) is 6.07 Å². The van der Waals surface area contributed by atoms with Gasteiger partial charge in [-0.25, -0.2) is 0 Å². The Labute approximate surface area is 119 Å². The van der Waals surface area contributed by atoms with E-state index in [4.69, 9.17) is 0 Å².